The van der Waals surface area contributed by atoms with E-state index >= 15 is 0 Å². The molecule has 2 aliphatic rings. The van der Waals surface area contributed by atoms with Crippen molar-refractivity contribution in [2.24, 2.45) is 0 Å². The summed E-state index contributed by atoms with van der Waals surface area (Å²) in [5, 5.41) is 86.5. The minimum Gasteiger partial charge on any atom is -0.394 e. The molecule has 78 heavy (non-hydrogen) atoms. The summed E-state index contributed by atoms with van der Waals surface area (Å²) in [7, 11) is 0. The number of nitrogens with one attached hydrogen (secondary N) is 1. The van der Waals surface area contributed by atoms with Crippen LogP contribution in [0.4, 0.5) is 0 Å². The average molecular weight is 1100 g/mol. The molecule has 0 aromatic rings. The Morgan fingerprint density at radius 2 is 0.885 bits per heavy atom. The predicted molar refractivity (Wildman–Crippen MR) is 313 cm³/mol. The van der Waals surface area contributed by atoms with E-state index in [-0.39, 0.29) is 18.9 Å². The van der Waals surface area contributed by atoms with E-state index in [0.717, 1.165) is 128 Å². The van der Waals surface area contributed by atoms with Crippen LogP contribution in [0, 0.1) is 0 Å². The fraction of sp³-hybridized carbons (Fsp3) is 0.672. The van der Waals surface area contributed by atoms with E-state index in [9.17, 15) is 45.6 Å². The zero-order valence-corrected chi connectivity index (χ0v) is 47.6. The maximum Gasteiger partial charge on any atom is 0.220 e. The van der Waals surface area contributed by atoms with Crippen molar-refractivity contribution in [3.05, 3.63) is 122 Å². The second kappa shape index (κ2) is 48.1. The Balaban J connectivity index is 1.55. The van der Waals surface area contributed by atoms with Gasteiger partial charge >= 0.3 is 0 Å². The Kier molecular flexibility index (Phi) is 43.5. The summed E-state index contributed by atoms with van der Waals surface area (Å²) in [5.74, 6) is -0.229. The van der Waals surface area contributed by atoms with Crippen LogP contribution >= 0.6 is 0 Å². The number of carbonyl (C=O) groups excluding carboxylic acids is 1. The highest BCUT2D eigenvalue weighted by molar-refractivity contribution is 5.76. The SMILES string of the molecule is CC/C=C\C/C=C\C/C=C\C/C=C\C/C=C\C/C=C\C/C=C\C/C=C\C/C=C\C/C=C\CCCCCCCCCCC(=O)NC(COC1OC(CO)C(OC2OC(CO)C(O)C(O)C2O)C(O)C1O)C(O)CCCCCCC. The minimum absolute atomic E-state index is 0.229. The van der Waals surface area contributed by atoms with Crippen molar-refractivity contribution in [1.82, 2.24) is 5.32 Å². The van der Waals surface area contributed by atoms with Crippen LogP contribution in [-0.4, -0.2) is 140 Å². The van der Waals surface area contributed by atoms with Gasteiger partial charge in [-0.25, -0.2) is 0 Å². The van der Waals surface area contributed by atoms with E-state index < -0.39 is 86.8 Å². The molecule has 12 atom stereocenters. The second-order valence-corrected chi connectivity index (χ2v) is 20.4. The highest BCUT2D eigenvalue weighted by atomic mass is 16.7. The third kappa shape index (κ3) is 33.2. The smallest absolute Gasteiger partial charge is 0.220 e. The van der Waals surface area contributed by atoms with Gasteiger partial charge in [-0.15, -0.1) is 0 Å². The summed E-state index contributed by atoms with van der Waals surface area (Å²) in [6, 6.07) is -0.837. The number of hydrogen-bond acceptors (Lipinski definition) is 13. The Bertz CT molecular complexity index is 1770. The first kappa shape index (κ1) is 70.5. The van der Waals surface area contributed by atoms with Crippen LogP contribution in [0.2, 0.25) is 0 Å². The number of carbonyl (C=O) groups is 1. The molecule has 2 heterocycles. The Morgan fingerprint density at radius 3 is 1.36 bits per heavy atom. The number of allylic oxidation sites excluding steroid dienone is 20. The molecular weight excluding hydrogens is 991 g/mol. The lowest BCUT2D eigenvalue weighted by Crippen LogP contribution is -2.65. The Hall–Kier alpha value is -3.61. The van der Waals surface area contributed by atoms with E-state index in [1.807, 2.05) is 0 Å². The van der Waals surface area contributed by atoms with E-state index in [0.29, 0.717) is 12.8 Å². The van der Waals surface area contributed by atoms with Crippen molar-refractivity contribution in [2.45, 2.75) is 254 Å². The van der Waals surface area contributed by atoms with Gasteiger partial charge in [-0.05, 0) is 89.9 Å². The van der Waals surface area contributed by atoms with Crippen LogP contribution in [0.25, 0.3) is 0 Å². The molecule has 1 amide bonds. The standard InChI is InChI=1S/C64H105NO13/c1-3-5-7-9-10-11-12-13-14-15-16-17-18-19-20-21-22-23-24-25-26-27-28-29-30-31-32-33-34-35-36-37-38-39-40-41-42-44-46-48-56(69)65-52(53(68)47-45-43-8-6-4-2)51-75-63-61(74)59(72)62(55(50-67)77-63)78-64-60(73)58(71)57(70)54(49-66)76-64/h5,7,10-11,13-14,16-17,19-20,22-23,25-26,28-29,31-32,34-35,52-55,57-64,66-68,70-74H,3-4,6,8-9,12,15,18,21,24,27,30,33,36-51H2,1-2H3,(H,65,69)/b7-5-,11-10-,14-13-,17-16-,20-19-,23-22-,26-25-,29-28-,32-31-,35-34-. The van der Waals surface area contributed by atoms with Gasteiger partial charge in [0.1, 0.15) is 48.8 Å². The molecular formula is C64H105NO13. The maximum atomic E-state index is 13.1. The second-order valence-electron chi connectivity index (χ2n) is 20.4. The number of rotatable bonds is 45. The number of aliphatic hydroxyl groups excluding tert-OH is 8. The fourth-order valence-corrected chi connectivity index (χ4v) is 8.91. The zero-order chi connectivity index (χ0) is 56.7. The molecule has 0 radical (unpaired) electrons. The van der Waals surface area contributed by atoms with Crippen LogP contribution in [0.15, 0.2) is 122 Å². The first-order valence-corrected chi connectivity index (χ1v) is 29.8. The zero-order valence-electron chi connectivity index (χ0n) is 47.6. The normalized spacial score (nSPS) is 25.5. The summed E-state index contributed by atoms with van der Waals surface area (Å²) in [5.41, 5.74) is 0. The molecule has 0 spiro atoms. The van der Waals surface area contributed by atoms with Crippen molar-refractivity contribution in [2.75, 3.05) is 19.8 Å². The average Bonchev–Trinajstić information content (AvgIpc) is 3.47. The lowest BCUT2D eigenvalue weighted by molar-refractivity contribution is -0.359. The third-order valence-corrected chi connectivity index (χ3v) is 13.7. The van der Waals surface area contributed by atoms with Crippen LogP contribution in [0.3, 0.4) is 0 Å². The predicted octanol–water partition coefficient (Wildman–Crippen LogP) is 10.2. The molecule has 2 aliphatic heterocycles. The molecule has 0 aliphatic carbocycles. The summed E-state index contributed by atoms with van der Waals surface area (Å²) in [4.78, 5) is 13.1. The maximum absolute atomic E-state index is 13.1. The van der Waals surface area contributed by atoms with Crippen molar-refractivity contribution < 1.29 is 64.6 Å². The van der Waals surface area contributed by atoms with Gasteiger partial charge in [-0.3, -0.25) is 4.79 Å². The molecule has 0 aromatic carbocycles. The molecule has 0 saturated carbocycles. The van der Waals surface area contributed by atoms with E-state index in [4.69, 9.17) is 18.9 Å². The van der Waals surface area contributed by atoms with Gasteiger partial charge in [0.2, 0.25) is 5.91 Å². The Morgan fingerprint density at radius 1 is 0.474 bits per heavy atom. The van der Waals surface area contributed by atoms with Crippen molar-refractivity contribution in [3.63, 3.8) is 0 Å². The molecule has 12 unspecified atom stereocenters. The van der Waals surface area contributed by atoms with Gasteiger partial charge in [-0.1, -0.05) is 206 Å². The number of aliphatic hydroxyl groups is 8. The molecule has 0 aromatic heterocycles. The number of unbranched alkanes of at least 4 members (excludes halogenated alkanes) is 12. The molecule has 444 valence electrons. The summed E-state index contributed by atoms with van der Waals surface area (Å²) >= 11 is 0. The first-order valence-electron chi connectivity index (χ1n) is 29.8. The third-order valence-electron chi connectivity index (χ3n) is 13.7. The van der Waals surface area contributed by atoms with Crippen LogP contribution in [0.1, 0.15) is 181 Å². The van der Waals surface area contributed by atoms with E-state index in [1.165, 1.54) is 19.3 Å². The van der Waals surface area contributed by atoms with Gasteiger partial charge in [0.05, 0.1) is 32.0 Å². The van der Waals surface area contributed by atoms with Gasteiger partial charge in [0, 0.05) is 6.42 Å². The lowest BCUT2D eigenvalue weighted by Gasteiger charge is -2.46. The molecule has 0 bridgehead atoms. The number of amides is 1. The highest BCUT2D eigenvalue weighted by Gasteiger charge is 2.51. The van der Waals surface area contributed by atoms with E-state index in [2.05, 4.69) is 141 Å². The summed E-state index contributed by atoms with van der Waals surface area (Å²) < 4.78 is 22.6. The molecule has 9 N–H and O–H groups in total. The fourth-order valence-electron chi connectivity index (χ4n) is 8.91. The first-order chi connectivity index (χ1) is 38.1. The number of hydrogen-bond donors (Lipinski definition) is 9. The monoisotopic (exact) mass is 1100 g/mol. The molecule has 14 nitrogen and oxygen atoms in total. The van der Waals surface area contributed by atoms with Gasteiger partial charge in [-0.2, -0.15) is 0 Å². The van der Waals surface area contributed by atoms with Crippen molar-refractivity contribution in [1.29, 1.82) is 0 Å². The minimum atomic E-state index is -1.79. The molecule has 2 rings (SSSR count). The van der Waals surface area contributed by atoms with Gasteiger partial charge < -0.3 is 65.1 Å². The Labute approximate surface area is 469 Å². The van der Waals surface area contributed by atoms with Gasteiger partial charge in [0.25, 0.3) is 0 Å². The highest BCUT2D eigenvalue weighted by Crippen LogP contribution is 2.30. The number of ether oxygens (including phenoxy) is 4. The van der Waals surface area contributed by atoms with Gasteiger partial charge in [0.15, 0.2) is 12.6 Å². The molecule has 14 heteroatoms. The van der Waals surface area contributed by atoms with Crippen LogP contribution in [-0.2, 0) is 23.7 Å². The molecule has 2 fully saturated rings. The molecule has 2 saturated heterocycles. The quantitative estimate of drug-likeness (QED) is 0.0205. The van der Waals surface area contributed by atoms with Crippen LogP contribution in [0.5, 0.6) is 0 Å². The largest absolute Gasteiger partial charge is 0.394 e. The van der Waals surface area contributed by atoms with Crippen molar-refractivity contribution in [3.8, 4) is 0 Å². The van der Waals surface area contributed by atoms with Crippen molar-refractivity contribution >= 4 is 5.91 Å². The lowest BCUT2D eigenvalue weighted by atomic mass is 9.97. The van der Waals surface area contributed by atoms with E-state index in [1.54, 1.807) is 0 Å². The topological polar surface area (TPSA) is 228 Å². The van der Waals surface area contributed by atoms with Crippen LogP contribution < -0.4 is 5.32 Å². The summed E-state index contributed by atoms with van der Waals surface area (Å²) in [6.45, 7) is 2.60. The summed E-state index contributed by atoms with van der Waals surface area (Å²) in [6.07, 6.45) is 52.9.